The van der Waals surface area contributed by atoms with Crippen LogP contribution >= 0.6 is 38.9 Å². The van der Waals surface area contributed by atoms with Crippen molar-refractivity contribution in [1.82, 2.24) is 4.98 Å². The Kier molecular flexibility index (Phi) is 6.61. The van der Waals surface area contributed by atoms with Gasteiger partial charge >= 0.3 is 0 Å². The smallest absolute Gasteiger partial charge is 0.293 e. The highest BCUT2D eigenvalue weighted by Crippen LogP contribution is 2.36. The zero-order valence-electron chi connectivity index (χ0n) is 12.3. The van der Waals surface area contributed by atoms with E-state index in [-0.39, 0.29) is 5.69 Å². The highest BCUT2D eigenvalue weighted by atomic mass is 79.9. The lowest BCUT2D eigenvalue weighted by atomic mass is 10.2. The predicted octanol–water partition coefficient (Wildman–Crippen LogP) is 5.26. The summed E-state index contributed by atoms with van der Waals surface area (Å²) in [5.74, 6) is 0.578. The number of aromatic nitrogens is 1. The van der Waals surface area contributed by atoms with Gasteiger partial charge in [-0.2, -0.15) is 0 Å². The van der Waals surface area contributed by atoms with E-state index in [1.807, 2.05) is 0 Å². The van der Waals surface area contributed by atoms with Crippen molar-refractivity contribution in [1.29, 1.82) is 0 Å². The number of unbranched alkanes of at least 4 members (excludes halogenated alkanes) is 1. The van der Waals surface area contributed by atoms with Gasteiger partial charge in [-0.25, -0.2) is 4.98 Å². The van der Waals surface area contributed by atoms with Gasteiger partial charge in [0.15, 0.2) is 4.47 Å². The second kappa shape index (κ2) is 8.47. The molecule has 124 valence electrons. The van der Waals surface area contributed by atoms with E-state index >= 15 is 0 Å². The average Bonchev–Trinajstić information content (AvgIpc) is 2.92. The molecule has 0 unspecified atom stereocenters. The molecule has 0 bridgehead atoms. The number of rotatable bonds is 8. The Bertz CT molecular complexity index is 696. The van der Waals surface area contributed by atoms with Crippen molar-refractivity contribution >= 4 is 50.2 Å². The van der Waals surface area contributed by atoms with Gasteiger partial charge in [0, 0.05) is 23.2 Å². The van der Waals surface area contributed by atoms with E-state index in [1.165, 1.54) is 17.4 Å². The molecule has 0 radical (unpaired) electrons. The molecule has 0 atom stereocenters. The fourth-order valence-electron chi connectivity index (χ4n) is 1.82. The van der Waals surface area contributed by atoms with Crippen LogP contribution in [-0.2, 0) is 6.54 Å². The van der Waals surface area contributed by atoms with Gasteiger partial charge in [0.25, 0.3) is 5.69 Å². The van der Waals surface area contributed by atoms with E-state index in [2.05, 4.69) is 33.2 Å². The number of nitro benzene ring substituents is 1. The van der Waals surface area contributed by atoms with Crippen molar-refractivity contribution < 1.29 is 9.66 Å². The Morgan fingerprint density at radius 3 is 2.91 bits per heavy atom. The molecule has 0 aliphatic carbocycles. The summed E-state index contributed by atoms with van der Waals surface area (Å²) in [7, 11) is 0. The SMILES string of the molecule is CCCCOc1cc(NCc2cnc(Cl)s2)c([N+](=O)[O-])cc1Br. The summed E-state index contributed by atoms with van der Waals surface area (Å²) in [5.41, 5.74) is 0.379. The van der Waals surface area contributed by atoms with Crippen molar-refractivity contribution in [2.45, 2.75) is 26.3 Å². The van der Waals surface area contributed by atoms with Crippen LogP contribution in [0.1, 0.15) is 24.6 Å². The van der Waals surface area contributed by atoms with Gasteiger partial charge in [0.05, 0.1) is 22.5 Å². The molecule has 0 fully saturated rings. The molecule has 6 nitrogen and oxygen atoms in total. The summed E-state index contributed by atoms with van der Waals surface area (Å²) >= 11 is 10.4. The van der Waals surface area contributed by atoms with Crippen LogP contribution in [0.15, 0.2) is 22.8 Å². The monoisotopic (exact) mass is 419 g/mol. The normalized spacial score (nSPS) is 10.6. The third-order valence-electron chi connectivity index (χ3n) is 2.98. The number of hydrogen-bond donors (Lipinski definition) is 1. The molecule has 0 aliphatic heterocycles. The first-order valence-electron chi connectivity index (χ1n) is 6.96. The zero-order chi connectivity index (χ0) is 16.8. The second-order valence-electron chi connectivity index (χ2n) is 4.69. The minimum Gasteiger partial charge on any atom is -0.492 e. The number of benzene rings is 1. The number of nitrogens with one attached hydrogen (secondary N) is 1. The Morgan fingerprint density at radius 1 is 1.52 bits per heavy atom. The molecule has 2 rings (SSSR count). The molecule has 0 amide bonds. The second-order valence-corrected chi connectivity index (χ2v) is 7.24. The van der Waals surface area contributed by atoms with Crippen LogP contribution < -0.4 is 10.1 Å². The molecule has 1 N–H and O–H groups in total. The maximum Gasteiger partial charge on any atom is 0.293 e. The van der Waals surface area contributed by atoms with Crippen molar-refractivity contribution in [3.8, 4) is 5.75 Å². The third-order valence-corrected chi connectivity index (χ3v) is 4.72. The molecule has 1 aromatic carbocycles. The standard InChI is InChI=1S/C14H15BrClN3O3S/c1-2-3-4-22-13-6-11(12(19(20)21)5-10(13)15)17-7-9-8-18-14(16)23-9/h5-6,8,17H,2-4,7H2,1H3. The van der Waals surface area contributed by atoms with Gasteiger partial charge in [0.1, 0.15) is 11.4 Å². The van der Waals surface area contributed by atoms with Crippen LogP contribution in [-0.4, -0.2) is 16.5 Å². The molecule has 1 heterocycles. The molecule has 0 saturated carbocycles. The maximum atomic E-state index is 11.2. The fraction of sp³-hybridized carbons (Fsp3) is 0.357. The summed E-state index contributed by atoms with van der Waals surface area (Å²) in [6.07, 6.45) is 3.58. The first kappa shape index (κ1) is 18.0. The van der Waals surface area contributed by atoms with Gasteiger partial charge in [0.2, 0.25) is 0 Å². The summed E-state index contributed by atoms with van der Waals surface area (Å²) < 4.78 is 6.67. The minimum absolute atomic E-state index is 0.0182. The molecule has 1 aromatic heterocycles. The highest BCUT2D eigenvalue weighted by molar-refractivity contribution is 9.10. The molecular weight excluding hydrogens is 406 g/mol. The summed E-state index contributed by atoms with van der Waals surface area (Å²) in [4.78, 5) is 15.6. The van der Waals surface area contributed by atoms with Crippen LogP contribution in [0, 0.1) is 10.1 Å². The van der Waals surface area contributed by atoms with Gasteiger partial charge in [-0.1, -0.05) is 24.9 Å². The van der Waals surface area contributed by atoms with Gasteiger partial charge < -0.3 is 10.1 Å². The Morgan fingerprint density at radius 2 is 2.30 bits per heavy atom. The topological polar surface area (TPSA) is 77.3 Å². The van der Waals surface area contributed by atoms with Gasteiger partial charge in [-0.3, -0.25) is 10.1 Å². The van der Waals surface area contributed by atoms with Crippen LogP contribution in [0.2, 0.25) is 4.47 Å². The first-order chi connectivity index (χ1) is 11.0. The van der Waals surface area contributed by atoms with Crippen molar-refractivity contribution in [2.75, 3.05) is 11.9 Å². The third kappa shape index (κ3) is 5.05. The van der Waals surface area contributed by atoms with Gasteiger partial charge in [-0.15, -0.1) is 11.3 Å². The predicted molar refractivity (Wildman–Crippen MR) is 95.7 cm³/mol. The summed E-state index contributed by atoms with van der Waals surface area (Å²) in [5, 5.41) is 14.3. The summed E-state index contributed by atoms with van der Waals surface area (Å²) in [6, 6.07) is 3.09. The molecular formula is C14H15BrClN3O3S. The Labute approximate surface area is 151 Å². The number of thiazole rings is 1. The van der Waals surface area contributed by atoms with Gasteiger partial charge in [-0.05, 0) is 22.4 Å². The first-order valence-corrected chi connectivity index (χ1v) is 8.94. The van der Waals surface area contributed by atoms with E-state index in [0.29, 0.717) is 33.5 Å². The fourth-order valence-corrected chi connectivity index (χ4v) is 3.18. The molecule has 23 heavy (non-hydrogen) atoms. The van der Waals surface area contributed by atoms with Crippen molar-refractivity contribution in [3.63, 3.8) is 0 Å². The summed E-state index contributed by atoms with van der Waals surface area (Å²) in [6.45, 7) is 3.04. The molecule has 9 heteroatoms. The number of halogens is 2. The lowest BCUT2D eigenvalue weighted by Gasteiger charge is -2.11. The van der Waals surface area contributed by atoms with E-state index in [4.69, 9.17) is 16.3 Å². The Balaban J connectivity index is 2.19. The average molecular weight is 421 g/mol. The van der Waals surface area contributed by atoms with Crippen molar-refractivity contribution in [3.05, 3.63) is 42.3 Å². The Hall–Kier alpha value is -1.38. The molecule has 2 aromatic rings. The number of nitro groups is 1. The maximum absolute atomic E-state index is 11.2. The van der Waals surface area contributed by atoms with Crippen LogP contribution in [0.25, 0.3) is 0 Å². The minimum atomic E-state index is -0.428. The number of hydrogen-bond acceptors (Lipinski definition) is 6. The molecule has 0 saturated heterocycles. The lowest BCUT2D eigenvalue weighted by molar-refractivity contribution is -0.384. The van der Waals surface area contributed by atoms with E-state index < -0.39 is 4.92 Å². The van der Waals surface area contributed by atoms with Crippen LogP contribution in [0.4, 0.5) is 11.4 Å². The zero-order valence-corrected chi connectivity index (χ0v) is 15.5. The highest BCUT2D eigenvalue weighted by Gasteiger charge is 2.18. The van der Waals surface area contributed by atoms with E-state index in [0.717, 1.165) is 17.7 Å². The number of ether oxygens (including phenoxy) is 1. The van der Waals surface area contributed by atoms with Crippen LogP contribution in [0.5, 0.6) is 5.75 Å². The van der Waals surface area contributed by atoms with E-state index in [9.17, 15) is 10.1 Å². The van der Waals surface area contributed by atoms with Crippen molar-refractivity contribution in [2.24, 2.45) is 0 Å². The molecule has 0 spiro atoms. The van der Waals surface area contributed by atoms with Crippen LogP contribution in [0.3, 0.4) is 0 Å². The number of anilines is 1. The largest absolute Gasteiger partial charge is 0.492 e. The molecule has 0 aliphatic rings. The van der Waals surface area contributed by atoms with E-state index in [1.54, 1.807) is 12.3 Å². The quantitative estimate of drug-likeness (QED) is 0.358. The number of nitrogens with zero attached hydrogens (tertiary/aromatic N) is 2. The lowest BCUT2D eigenvalue weighted by Crippen LogP contribution is -2.04.